The normalized spacial score (nSPS) is 11.9. The molecule has 0 aromatic carbocycles. The Morgan fingerprint density at radius 3 is 2.71 bits per heavy atom. The van der Waals surface area contributed by atoms with E-state index in [1.807, 2.05) is 6.92 Å². The number of imidazole rings is 1. The van der Waals surface area contributed by atoms with Crippen LogP contribution >= 0.6 is 0 Å². The lowest BCUT2D eigenvalue weighted by molar-refractivity contribution is 0.132. The number of aromatic amines is 1. The number of rotatable bonds is 5. The van der Waals surface area contributed by atoms with Crippen LogP contribution in [0, 0.1) is 0 Å². The van der Waals surface area contributed by atoms with Gasteiger partial charge in [0.15, 0.2) is 11.5 Å². The quantitative estimate of drug-likeness (QED) is 0.578. The Morgan fingerprint density at radius 1 is 1.29 bits per heavy atom. The van der Waals surface area contributed by atoms with Crippen LogP contribution < -0.4 is 5.32 Å². The minimum atomic E-state index is -0.785. The van der Waals surface area contributed by atoms with E-state index in [4.69, 9.17) is 0 Å². The molecular weight excluding hydrogens is 222 g/mol. The SMILES string of the molecule is CCC(CO)(CO)Nc1ncnc2nc[nH]c12. The monoisotopic (exact) mass is 237 g/mol. The van der Waals surface area contributed by atoms with Crippen molar-refractivity contribution in [3.63, 3.8) is 0 Å². The first-order chi connectivity index (χ1) is 8.24. The van der Waals surface area contributed by atoms with Crippen LogP contribution in [0.4, 0.5) is 5.82 Å². The van der Waals surface area contributed by atoms with Gasteiger partial charge in [-0.25, -0.2) is 15.0 Å². The summed E-state index contributed by atoms with van der Waals surface area (Å²) in [5.74, 6) is 0.525. The Morgan fingerprint density at radius 2 is 2.06 bits per heavy atom. The zero-order valence-electron chi connectivity index (χ0n) is 9.51. The number of H-pyrrole nitrogens is 1. The van der Waals surface area contributed by atoms with Gasteiger partial charge in [-0.15, -0.1) is 0 Å². The van der Waals surface area contributed by atoms with Gasteiger partial charge in [0.05, 0.1) is 25.1 Å². The molecule has 0 atom stereocenters. The van der Waals surface area contributed by atoms with E-state index < -0.39 is 5.54 Å². The zero-order chi connectivity index (χ0) is 12.3. The Balaban J connectivity index is 2.37. The molecule has 7 heteroatoms. The summed E-state index contributed by atoms with van der Waals surface area (Å²) in [6.07, 6.45) is 3.48. The molecule has 7 nitrogen and oxygen atoms in total. The summed E-state index contributed by atoms with van der Waals surface area (Å²) in [5.41, 5.74) is 0.419. The maximum atomic E-state index is 9.37. The van der Waals surface area contributed by atoms with Crippen molar-refractivity contribution in [1.29, 1.82) is 0 Å². The lowest BCUT2D eigenvalue weighted by atomic mass is 9.98. The Bertz CT molecular complexity index is 486. The van der Waals surface area contributed by atoms with Crippen molar-refractivity contribution in [2.24, 2.45) is 0 Å². The molecule has 0 aliphatic carbocycles. The van der Waals surface area contributed by atoms with Crippen molar-refractivity contribution in [2.45, 2.75) is 18.9 Å². The fraction of sp³-hybridized carbons (Fsp3) is 0.500. The molecule has 0 amide bonds. The predicted octanol–water partition coefficient (Wildman–Crippen LogP) is -0.102. The van der Waals surface area contributed by atoms with E-state index >= 15 is 0 Å². The molecule has 0 aliphatic heterocycles. The van der Waals surface area contributed by atoms with Crippen molar-refractivity contribution < 1.29 is 10.2 Å². The minimum absolute atomic E-state index is 0.181. The van der Waals surface area contributed by atoms with Crippen LogP contribution in [0.2, 0.25) is 0 Å². The van der Waals surface area contributed by atoms with Gasteiger partial charge in [-0.3, -0.25) is 0 Å². The van der Waals surface area contributed by atoms with Crippen molar-refractivity contribution in [1.82, 2.24) is 19.9 Å². The Kier molecular flexibility index (Phi) is 3.21. The van der Waals surface area contributed by atoms with Crippen molar-refractivity contribution in [2.75, 3.05) is 18.5 Å². The van der Waals surface area contributed by atoms with Crippen molar-refractivity contribution in [3.8, 4) is 0 Å². The molecule has 0 unspecified atom stereocenters. The van der Waals surface area contributed by atoms with E-state index in [2.05, 4.69) is 25.3 Å². The average molecular weight is 237 g/mol. The van der Waals surface area contributed by atoms with Crippen LogP contribution in [0.25, 0.3) is 11.2 Å². The standard InChI is InChI=1S/C10H15N5O2/c1-2-10(3-16,4-17)15-9-7-8(12-5-11-7)13-6-14-9/h5-6,16-17H,2-4H2,1H3,(H2,11,12,13,14,15). The Labute approximate surface area is 97.9 Å². The number of nitrogens with zero attached hydrogens (tertiary/aromatic N) is 3. The molecule has 0 radical (unpaired) electrons. The second-order valence-corrected chi connectivity index (χ2v) is 3.90. The number of aliphatic hydroxyl groups is 2. The van der Waals surface area contributed by atoms with Gasteiger partial charge < -0.3 is 20.5 Å². The van der Waals surface area contributed by atoms with Gasteiger partial charge >= 0.3 is 0 Å². The molecule has 0 bridgehead atoms. The highest BCUT2D eigenvalue weighted by Gasteiger charge is 2.27. The first-order valence-electron chi connectivity index (χ1n) is 5.38. The molecule has 17 heavy (non-hydrogen) atoms. The second-order valence-electron chi connectivity index (χ2n) is 3.90. The molecule has 2 aromatic heterocycles. The number of hydrogen-bond acceptors (Lipinski definition) is 6. The highest BCUT2D eigenvalue weighted by molar-refractivity contribution is 5.82. The molecule has 0 saturated heterocycles. The van der Waals surface area contributed by atoms with E-state index in [9.17, 15) is 10.2 Å². The van der Waals surface area contributed by atoms with Crippen molar-refractivity contribution in [3.05, 3.63) is 12.7 Å². The Hall–Kier alpha value is -1.73. The summed E-state index contributed by atoms with van der Waals surface area (Å²) >= 11 is 0. The fourth-order valence-electron chi connectivity index (χ4n) is 1.55. The summed E-state index contributed by atoms with van der Waals surface area (Å²) in [5, 5.41) is 21.8. The third-order valence-electron chi connectivity index (χ3n) is 2.89. The van der Waals surface area contributed by atoms with Crippen LogP contribution in [0.1, 0.15) is 13.3 Å². The van der Waals surface area contributed by atoms with Crippen molar-refractivity contribution >= 4 is 17.0 Å². The van der Waals surface area contributed by atoms with Gasteiger partial charge in [0.2, 0.25) is 0 Å². The van der Waals surface area contributed by atoms with Gasteiger partial charge in [-0.1, -0.05) is 6.92 Å². The smallest absolute Gasteiger partial charge is 0.182 e. The van der Waals surface area contributed by atoms with Gasteiger partial charge in [-0.05, 0) is 6.42 Å². The van der Waals surface area contributed by atoms with Gasteiger partial charge in [0.1, 0.15) is 11.8 Å². The molecule has 4 N–H and O–H groups in total. The lowest BCUT2D eigenvalue weighted by Gasteiger charge is -2.30. The maximum Gasteiger partial charge on any atom is 0.182 e. The summed E-state index contributed by atoms with van der Waals surface area (Å²) < 4.78 is 0. The summed E-state index contributed by atoms with van der Waals surface area (Å²) in [6, 6.07) is 0. The van der Waals surface area contributed by atoms with Crippen LogP contribution in [-0.2, 0) is 0 Å². The molecule has 92 valence electrons. The summed E-state index contributed by atoms with van der Waals surface area (Å²) in [7, 11) is 0. The lowest BCUT2D eigenvalue weighted by Crippen LogP contribution is -2.45. The molecule has 0 saturated carbocycles. The van der Waals surface area contributed by atoms with E-state index in [0.717, 1.165) is 0 Å². The number of aliphatic hydroxyl groups excluding tert-OH is 2. The second kappa shape index (κ2) is 4.64. The third kappa shape index (κ3) is 2.06. The molecule has 2 rings (SSSR count). The molecule has 0 fully saturated rings. The summed E-state index contributed by atoms with van der Waals surface area (Å²) in [6.45, 7) is 1.52. The number of fused-ring (bicyclic) bond motifs is 1. The fourth-order valence-corrected chi connectivity index (χ4v) is 1.55. The van der Waals surface area contributed by atoms with E-state index in [1.54, 1.807) is 0 Å². The van der Waals surface area contributed by atoms with Gasteiger partial charge in [-0.2, -0.15) is 0 Å². The molecular formula is C10H15N5O2. The first kappa shape index (κ1) is 11.7. The van der Waals surface area contributed by atoms with Crippen LogP contribution in [0.3, 0.4) is 0 Å². The minimum Gasteiger partial charge on any atom is -0.394 e. The molecule has 0 spiro atoms. The summed E-state index contributed by atoms with van der Waals surface area (Å²) in [4.78, 5) is 15.0. The molecule has 0 aliphatic rings. The predicted molar refractivity (Wildman–Crippen MR) is 62.5 cm³/mol. The van der Waals surface area contributed by atoms with E-state index in [-0.39, 0.29) is 13.2 Å². The number of hydrogen-bond donors (Lipinski definition) is 4. The van der Waals surface area contributed by atoms with Crippen LogP contribution in [0.15, 0.2) is 12.7 Å². The number of anilines is 1. The van der Waals surface area contributed by atoms with Gasteiger partial charge in [0, 0.05) is 0 Å². The van der Waals surface area contributed by atoms with E-state index in [1.165, 1.54) is 12.7 Å². The molecule has 2 aromatic rings. The zero-order valence-corrected chi connectivity index (χ0v) is 9.51. The molecule has 2 heterocycles. The maximum absolute atomic E-state index is 9.37. The van der Waals surface area contributed by atoms with E-state index in [0.29, 0.717) is 23.4 Å². The number of nitrogens with one attached hydrogen (secondary N) is 2. The topological polar surface area (TPSA) is 107 Å². The average Bonchev–Trinajstić information content (AvgIpc) is 2.85. The number of aromatic nitrogens is 4. The van der Waals surface area contributed by atoms with Gasteiger partial charge in [0.25, 0.3) is 0 Å². The first-order valence-corrected chi connectivity index (χ1v) is 5.38. The largest absolute Gasteiger partial charge is 0.394 e. The van der Waals surface area contributed by atoms with Crippen LogP contribution in [0.5, 0.6) is 0 Å². The van der Waals surface area contributed by atoms with Crippen LogP contribution in [-0.4, -0.2) is 48.9 Å². The highest BCUT2D eigenvalue weighted by Crippen LogP contribution is 2.21. The third-order valence-corrected chi connectivity index (χ3v) is 2.89. The highest BCUT2D eigenvalue weighted by atomic mass is 16.3.